The SMILES string of the molecule is N#Cc1ccccc1Cn1cc(I)cn1. The summed E-state index contributed by atoms with van der Waals surface area (Å²) in [5.41, 5.74) is 1.71. The number of rotatable bonds is 2. The van der Waals surface area contributed by atoms with Gasteiger partial charge in [0.05, 0.1) is 27.9 Å². The van der Waals surface area contributed by atoms with Gasteiger partial charge in [-0.2, -0.15) is 10.4 Å². The summed E-state index contributed by atoms with van der Waals surface area (Å²) in [4.78, 5) is 0. The van der Waals surface area contributed by atoms with Crippen LogP contribution in [0, 0.1) is 14.9 Å². The van der Waals surface area contributed by atoms with Crippen molar-refractivity contribution in [1.82, 2.24) is 9.78 Å². The molecule has 0 N–H and O–H groups in total. The van der Waals surface area contributed by atoms with Gasteiger partial charge in [-0.15, -0.1) is 0 Å². The van der Waals surface area contributed by atoms with E-state index in [9.17, 15) is 0 Å². The second-order valence-corrected chi connectivity index (χ2v) is 4.37. The highest BCUT2D eigenvalue weighted by atomic mass is 127. The third-order valence-electron chi connectivity index (χ3n) is 2.07. The lowest BCUT2D eigenvalue weighted by Crippen LogP contribution is -2.01. The molecule has 3 nitrogen and oxygen atoms in total. The Bertz CT molecular complexity index is 511. The van der Waals surface area contributed by atoms with Crippen LogP contribution in [0.2, 0.25) is 0 Å². The number of aromatic nitrogens is 2. The predicted molar refractivity (Wildman–Crippen MR) is 65.2 cm³/mol. The summed E-state index contributed by atoms with van der Waals surface area (Å²) in [7, 11) is 0. The first-order chi connectivity index (χ1) is 7.29. The van der Waals surface area contributed by atoms with Crippen molar-refractivity contribution in [1.29, 1.82) is 5.26 Å². The predicted octanol–water partition coefficient (Wildman–Crippen LogP) is 2.41. The van der Waals surface area contributed by atoms with Crippen LogP contribution < -0.4 is 0 Å². The fraction of sp³-hybridized carbons (Fsp3) is 0.0909. The first-order valence-electron chi connectivity index (χ1n) is 4.45. The number of nitrogens with zero attached hydrogens (tertiary/aromatic N) is 3. The molecule has 1 heterocycles. The lowest BCUT2D eigenvalue weighted by Gasteiger charge is -2.03. The molecular weight excluding hydrogens is 301 g/mol. The van der Waals surface area contributed by atoms with Crippen molar-refractivity contribution in [3.05, 3.63) is 51.4 Å². The number of hydrogen-bond acceptors (Lipinski definition) is 2. The van der Waals surface area contributed by atoms with E-state index in [1.165, 1.54) is 0 Å². The topological polar surface area (TPSA) is 41.6 Å². The Labute approximate surface area is 101 Å². The van der Waals surface area contributed by atoms with Gasteiger partial charge < -0.3 is 0 Å². The van der Waals surface area contributed by atoms with E-state index in [4.69, 9.17) is 5.26 Å². The average Bonchev–Trinajstić information content (AvgIpc) is 2.65. The smallest absolute Gasteiger partial charge is 0.0995 e. The molecule has 0 spiro atoms. The van der Waals surface area contributed by atoms with Gasteiger partial charge in [0.1, 0.15) is 0 Å². The minimum absolute atomic E-state index is 0.646. The van der Waals surface area contributed by atoms with Crippen LogP contribution in [-0.4, -0.2) is 9.78 Å². The van der Waals surface area contributed by atoms with Crippen LogP contribution >= 0.6 is 22.6 Å². The first kappa shape index (κ1) is 10.2. The summed E-state index contributed by atoms with van der Waals surface area (Å²) in [5, 5.41) is 13.1. The van der Waals surface area contributed by atoms with E-state index < -0.39 is 0 Å². The van der Waals surface area contributed by atoms with Crippen molar-refractivity contribution in [2.24, 2.45) is 0 Å². The van der Waals surface area contributed by atoms with E-state index >= 15 is 0 Å². The molecule has 0 radical (unpaired) electrons. The maximum atomic E-state index is 8.92. The van der Waals surface area contributed by atoms with Gasteiger partial charge in [-0.05, 0) is 34.2 Å². The van der Waals surface area contributed by atoms with Gasteiger partial charge in [0, 0.05) is 6.20 Å². The van der Waals surface area contributed by atoms with Gasteiger partial charge in [0.2, 0.25) is 0 Å². The van der Waals surface area contributed by atoms with E-state index in [0.717, 1.165) is 9.13 Å². The molecular formula is C11H8IN3. The average molecular weight is 309 g/mol. The van der Waals surface area contributed by atoms with E-state index in [1.54, 1.807) is 6.20 Å². The second-order valence-electron chi connectivity index (χ2n) is 3.13. The van der Waals surface area contributed by atoms with Gasteiger partial charge in [0.15, 0.2) is 0 Å². The monoisotopic (exact) mass is 309 g/mol. The zero-order chi connectivity index (χ0) is 10.7. The lowest BCUT2D eigenvalue weighted by molar-refractivity contribution is 0.685. The van der Waals surface area contributed by atoms with Gasteiger partial charge in [-0.1, -0.05) is 18.2 Å². The molecule has 0 bridgehead atoms. The molecule has 2 rings (SSSR count). The van der Waals surface area contributed by atoms with E-state index in [1.807, 2.05) is 35.1 Å². The van der Waals surface area contributed by atoms with Crippen molar-refractivity contribution in [2.45, 2.75) is 6.54 Å². The summed E-state index contributed by atoms with van der Waals surface area (Å²) in [6.07, 6.45) is 3.75. The molecule has 0 amide bonds. The van der Waals surface area contributed by atoms with Crippen LogP contribution in [0.15, 0.2) is 36.7 Å². The molecule has 0 aliphatic heterocycles. The number of nitriles is 1. The van der Waals surface area contributed by atoms with Gasteiger partial charge in [-0.25, -0.2) is 0 Å². The molecule has 74 valence electrons. The van der Waals surface area contributed by atoms with Crippen LogP contribution in [0.3, 0.4) is 0 Å². The maximum Gasteiger partial charge on any atom is 0.0995 e. The highest BCUT2D eigenvalue weighted by Gasteiger charge is 2.02. The van der Waals surface area contributed by atoms with E-state index in [-0.39, 0.29) is 0 Å². The highest BCUT2D eigenvalue weighted by Crippen LogP contribution is 2.10. The van der Waals surface area contributed by atoms with Gasteiger partial charge >= 0.3 is 0 Å². The molecule has 1 aromatic carbocycles. The summed E-state index contributed by atoms with van der Waals surface area (Å²) >= 11 is 2.21. The maximum absolute atomic E-state index is 8.92. The van der Waals surface area contributed by atoms with Crippen LogP contribution in [0.25, 0.3) is 0 Å². The van der Waals surface area contributed by atoms with Crippen LogP contribution in [0.4, 0.5) is 0 Å². The Kier molecular flexibility index (Phi) is 3.02. The Hall–Kier alpha value is -1.35. The Morgan fingerprint density at radius 2 is 2.20 bits per heavy atom. The molecule has 0 fully saturated rings. The molecule has 1 aromatic heterocycles. The Balaban J connectivity index is 2.28. The van der Waals surface area contributed by atoms with Crippen LogP contribution in [-0.2, 0) is 6.54 Å². The van der Waals surface area contributed by atoms with Crippen molar-refractivity contribution in [3.8, 4) is 6.07 Å². The van der Waals surface area contributed by atoms with Crippen molar-refractivity contribution in [2.75, 3.05) is 0 Å². The van der Waals surface area contributed by atoms with Crippen LogP contribution in [0.5, 0.6) is 0 Å². The van der Waals surface area contributed by atoms with Gasteiger partial charge in [0.25, 0.3) is 0 Å². The molecule has 0 aliphatic carbocycles. The number of hydrogen-bond donors (Lipinski definition) is 0. The molecule has 0 atom stereocenters. The first-order valence-corrected chi connectivity index (χ1v) is 5.53. The fourth-order valence-corrected chi connectivity index (χ4v) is 1.81. The lowest BCUT2D eigenvalue weighted by atomic mass is 10.1. The van der Waals surface area contributed by atoms with Gasteiger partial charge in [-0.3, -0.25) is 4.68 Å². The number of benzene rings is 1. The standard InChI is InChI=1S/C11H8IN3/c12-11-6-14-15(8-11)7-10-4-2-1-3-9(10)5-13/h1-4,6,8H,7H2. The fourth-order valence-electron chi connectivity index (χ4n) is 1.37. The molecule has 0 aliphatic rings. The van der Waals surface area contributed by atoms with E-state index in [2.05, 4.69) is 33.8 Å². The minimum atomic E-state index is 0.646. The molecule has 2 aromatic rings. The Morgan fingerprint density at radius 1 is 1.40 bits per heavy atom. The van der Waals surface area contributed by atoms with E-state index in [0.29, 0.717) is 12.1 Å². The highest BCUT2D eigenvalue weighted by molar-refractivity contribution is 14.1. The summed E-state index contributed by atoms with van der Waals surface area (Å²) in [6, 6.07) is 9.76. The molecule has 4 heteroatoms. The minimum Gasteiger partial charge on any atom is -0.267 e. The normalized spacial score (nSPS) is 9.87. The third-order valence-corrected chi connectivity index (χ3v) is 2.63. The molecule has 0 saturated carbocycles. The van der Waals surface area contributed by atoms with Crippen molar-refractivity contribution < 1.29 is 0 Å². The van der Waals surface area contributed by atoms with Crippen molar-refractivity contribution >= 4 is 22.6 Å². The molecule has 0 saturated heterocycles. The molecule has 15 heavy (non-hydrogen) atoms. The molecule has 0 unspecified atom stereocenters. The van der Waals surface area contributed by atoms with Crippen LogP contribution in [0.1, 0.15) is 11.1 Å². The Morgan fingerprint density at radius 3 is 2.87 bits per heavy atom. The summed E-state index contributed by atoms with van der Waals surface area (Å²) in [5.74, 6) is 0. The van der Waals surface area contributed by atoms with Crippen molar-refractivity contribution in [3.63, 3.8) is 0 Å². The summed E-state index contributed by atoms with van der Waals surface area (Å²) in [6.45, 7) is 0.646. The second kappa shape index (κ2) is 4.45. The number of halogens is 1. The largest absolute Gasteiger partial charge is 0.267 e. The summed E-state index contributed by atoms with van der Waals surface area (Å²) < 4.78 is 2.93. The third kappa shape index (κ3) is 2.36. The zero-order valence-corrected chi connectivity index (χ0v) is 10.0. The quantitative estimate of drug-likeness (QED) is 0.800. The zero-order valence-electron chi connectivity index (χ0n) is 7.89.